The zero-order chi connectivity index (χ0) is 19.6. The van der Waals surface area contributed by atoms with Gasteiger partial charge in [0.15, 0.2) is 0 Å². The van der Waals surface area contributed by atoms with E-state index in [4.69, 9.17) is 0 Å². The van der Waals surface area contributed by atoms with Crippen molar-refractivity contribution in [3.63, 3.8) is 0 Å². The van der Waals surface area contributed by atoms with Crippen LogP contribution in [0.5, 0.6) is 0 Å². The summed E-state index contributed by atoms with van der Waals surface area (Å²) >= 11 is 0. The molecule has 1 aliphatic heterocycles. The van der Waals surface area contributed by atoms with Gasteiger partial charge in [-0.15, -0.1) is 5.10 Å². The van der Waals surface area contributed by atoms with Gasteiger partial charge >= 0.3 is 0 Å². The van der Waals surface area contributed by atoms with E-state index in [9.17, 15) is 4.79 Å². The van der Waals surface area contributed by atoms with Gasteiger partial charge in [-0.2, -0.15) is 0 Å². The van der Waals surface area contributed by atoms with Gasteiger partial charge in [-0.1, -0.05) is 12.1 Å². The molecule has 3 heterocycles. The highest BCUT2D eigenvalue weighted by Gasteiger charge is 2.29. The zero-order valence-electron chi connectivity index (χ0n) is 16.4. The van der Waals surface area contributed by atoms with Crippen molar-refractivity contribution in [3.05, 3.63) is 59.9 Å². The average molecular weight is 391 g/mol. The molecule has 8 nitrogen and oxygen atoms in total. The molecule has 0 spiro atoms. The van der Waals surface area contributed by atoms with Crippen LogP contribution in [0.15, 0.2) is 43.0 Å². The molecule has 1 aromatic carbocycles. The Morgan fingerprint density at radius 1 is 1.07 bits per heavy atom. The molecule has 2 fully saturated rings. The molecule has 1 saturated carbocycles. The quantitative estimate of drug-likeness (QED) is 0.644. The van der Waals surface area contributed by atoms with Gasteiger partial charge in [0.25, 0.3) is 5.91 Å². The Bertz CT molecular complexity index is 951. The summed E-state index contributed by atoms with van der Waals surface area (Å²) in [5.74, 6) is 2.61. The number of amides is 1. The lowest BCUT2D eigenvalue weighted by molar-refractivity contribution is 0.0710. The highest BCUT2D eigenvalue weighted by Crippen LogP contribution is 2.33. The minimum absolute atomic E-state index is 0.110. The molecule has 0 bridgehead atoms. The molecule has 8 heteroatoms. The summed E-state index contributed by atoms with van der Waals surface area (Å²) in [7, 11) is 0. The van der Waals surface area contributed by atoms with Gasteiger partial charge in [0.05, 0.1) is 6.54 Å². The van der Waals surface area contributed by atoms with Gasteiger partial charge in [0.1, 0.15) is 12.2 Å². The van der Waals surface area contributed by atoms with Crippen LogP contribution in [0.1, 0.15) is 53.3 Å². The maximum Gasteiger partial charge on any atom is 0.253 e. The van der Waals surface area contributed by atoms with Crippen molar-refractivity contribution in [1.29, 1.82) is 0 Å². The first-order valence-electron chi connectivity index (χ1n) is 10.4. The molecular weight excluding hydrogens is 366 g/mol. The number of carbonyl (C=O) groups is 1. The Balaban J connectivity index is 1.18. The fourth-order valence-electron chi connectivity index (χ4n) is 4.13. The monoisotopic (exact) mass is 391 g/mol. The van der Waals surface area contributed by atoms with E-state index in [1.54, 1.807) is 11.0 Å². The molecule has 1 saturated heterocycles. The van der Waals surface area contributed by atoms with E-state index in [-0.39, 0.29) is 5.91 Å². The van der Waals surface area contributed by atoms with Crippen molar-refractivity contribution >= 4 is 5.91 Å². The topological polar surface area (TPSA) is 81.7 Å². The van der Waals surface area contributed by atoms with E-state index in [2.05, 4.69) is 31.3 Å². The number of nitrogens with zero attached hydrogens (tertiary/aromatic N) is 7. The van der Waals surface area contributed by atoms with Crippen LogP contribution < -0.4 is 0 Å². The highest BCUT2D eigenvalue weighted by molar-refractivity contribution is 5.94. The van der Waals surface area contributed by atoms with Gasteiger partial charge in [0, 0.05) is 43.5 Å². The SMILES string of the molecule is O=C(c1ccc(Cn2cnnn2)cc1)N1CCC(c2nccn2CC2CC2)CC1. The average Bonchev–Trinajstić information content (AvgIpc) is 3.21. The molecule has 0 radical (unpaired) electrons. The number of likely N-dealkylation sites (tertiary alicyclic amines) is 1. The maximum absolute atomic E-state index is 12.9. The molecule has 0 atom stereocenters. The second-order valence-corrected chi connectivity index (χ2v) is 8.15. The Morgan fingerprint density at radius 3 is 2.55 bits per heavy atom. The minimum Gasteiger partial charge on any atom is -0.339 e. The normalized spacial score (nSPS) is 17.6. The van der Waals surface area contributed by atoms with Crippen LogP contribution in [0.3, 0.4) is 0 Å². The first kappa shape index (κ1) is 18.0. The molecule has 3 aromatic rings. The Labute approximate surface area is 169 Å². The maximum atomic E-state index is 12.9. The summed E-state index contributed by atoms with van der Waals surface area (Å²) in [6.07, 6.45) is 10.3. The van der Waals surface area contributed by atoms with Crippen LogP contribution in [0.4, 0.5) is 0 Å². The zero-order valence-corrected chi connectivity index (χ0v) is 16.4. The fourth-order valence-corrected chi connectivity index (χ4v) is 4.13. The van der Waals surface area contributed by atoms with E-state index in [0.29, 0.717) is 12.5 Å². The van der Waals surface area contributed by atoms with Crippen LogP contribution >= 0.6 is 0 Å². The van der Waals surface area contributed by atoms with Crippen molar-refractivity contribution in [3.8, 4) is 0 Å². The number of tetrazole rings is 1. The number of hydrogen-bond donors (Lipinski definition) is 0. The lowest BCUT2D eigenvalue weighted by Gasteiger charge is -2.32. The van der Waals surface area contributed by atoms with E-state index in [1.807, 2.05) is 35.4 Å². The second-order valence-electron chi connectivity index (χ2n) is 8.15. The van der Waals surface area contributed by atoms with Crippen LogP contribution in [-0.2, 0) is 13.1 Å². The number of hydrogen-bond acceptors (Lipinski definition) is 5. The number of piperidine rings is 1. The molecule has 1 aliphatic carbocycles. The van der Waals surface area contributed by atoms with Crippen molar-refractivity contribution in [1.82, 2.24) is 34.7 Å². The number of benzene rings is 1. The summed E-state index contributed by atoms with van der Waals surface area (Å²) < 4.78 is 4.00. The number of aromatic nitrogens is 6. The third-order valence-electron chi connectivity index (χ3n) is 5.98. The predicted molar refractivity (Wildman–Crippen MR) is 106 cm³/mol. The standard InChI is InChI=1S/C21H25N7O/c29-21(19-5-3-17(4-6-19)14-28-15-23-24-25-28)26-10-7-18(8-11-26)20-22-9-12-27(20)13-16-1-2-16/h3-6,9,12,15-16,18H,1-2,7-8,10-11,13-14H2. The summed E-state index contributed by atoms with van der Waals surface area (Å²) in [5.41, 5.74) is 1.80. The van der Waals surface area contributed by atoms with E-state index < -0.39 is 0 Å². The Morgan fingerprint density at radius 2 is 1.86 bits per heavy atom. The lowest BCUT2D eigenvalue weighted by Crippen LogP contribution is -2.38. The van der Waals surface area contributed by atoms with Crippen LogP contribution in [0, 0.1) is 5.92 Å². The highest BCUT2D eigenvalue weighted by atomic mass is 16.2. The molecule has 1 amide bonds. The first-order valence-corrected chi connectivity index (χ1v) is 10.4. The summed E-state index contributed by atoms with van der Waals surface area (Å²) in [6, 6.07) is 7.74. The predicted octanol–water partition coefficient (Wildman–Crippen LogP) is 2.35. The Kier molecular flexibility index (Phi) is 4.83. The Hall–Kier alpha value is -3.03. The van der Waals surface area contributed by atoms with Crippen LogP contribution in [0.25, 0.3) is 0 Å². The minimum atomic E-state index is 0.110. The fraction of sp³-hybridized carbons (Fsp3) is 0.476. The van der Waals surface area contributed by atoms with Gasteiger partial charge < -0.3 is 9.47 Å². The van der Waals surface area contributed by atoms with Crippen LogP contribution in [0.2, 0.25) is 0 Å². The van der Waals surface area contributed by atoms with E-state index >= 15 is 0 Å². The third-order valence-corrected chi connectivity index (χ3v) is 5.98. The third kappa shape index (κ3) is 4.06. The van der Waals surface area contributed by atoms with Crippen molar-refractivity contribution in [2.75, 3.05) is 13.1 Å². The molecule has 0 unspecified atom stereocenters. The van der Waals surface area contributed by atoms with Crippen molar-refractivity contribution in [2.45, 2.75) is 44.7 Å². The summed E-state index contributed by atoms with van der Waals surface area (Å²) in [4.78, 5) is 19.5. The number of carbonyl (C=O) groups excluding carboxylic acids is 1. The number of imidazole rings is 1. The molecule has 29 heavy (non-hydrogen) atoms. The number of rotatable bonds is 6. The van der Waals surface area contributed by atoms with E-state index in [0.717, 1.165) is 49.5 Å². The van der Waals surface area contributed by atoms with Gasteiger partial charge in [-0.25, -0.2) is 9.67 Å². The largest absolute Gasteiger partial charge is 0.339 e. The lowest BCUT2D eigenvalue weighted by atomic mass is 9.95. The molecule has 5 rings (SSSR count). The van der Waals surface area contributed by atoms with Crippen molar-refractivity contribution in [2.24, 2.45) is 5.92 Å². The molecule has 2 aliphatic rings. The summed E-state index contributed by atoms with van der Waals surface area (Å²) in [5, 5.41) is 11.1. The van der Waals surface area contributed by atoms with Crippen LogP contribution in [-0.4, -0.2) is 53.7 Å². The van der Waals surface area contributed by atoms with Gasteiger partial charge in [-0.05, 0) is 59.7 Å². The molecule has 0 N–H and O–H groups in total. The molecule has 2 aromatic heterocycles. The van der Waals surface area contributed by atoms with Gasteiger partial charge in [0.2, 0.25) is 0 Å². The van der Waals surface area contributed by atoms with Gasteiger partial charge in [-0.3, -0.25) is 4.79 Å². The summed E-state index contributed by atoms with van der Waals surface area (Å²) in [6.45, 7) is 3.27. The smallest absolute Gasteiger partial charge is 0.253 e. The molecule has 150 valence electrons. The molecular formula is C21H25N7O. The van der Waals surface area contributed by atoms with Crippen molar-refractivity contribution < 1.29 is 4.79 Å². The first-order chi connectivity index (χ1) is 14.3. The second kappa shape index (κ2) is 7.77. The van der Waals surface area contributed by atoms with E-state index in [1.165, 1.54) is 18.7 Å².